The highest BCUT2D eigenvalue weighted by molar-refractivity contribution is 5.97. The van der Waals surface area contributed by atoms with Gasteiger partial charge in [0.05, 0.1) is 24.5 Å². The zero-order valence-electron chi connectivity index (χ0n) is 18.5. The van der Waals surface area contributed by atoms with Crippen molar-refractivity contribution < 1.29 is 9.47 Å². The van der Waals surface area contributed by atoms with Gasteiger partial charge in [0, 0.05) is 17.7 Å². The van der Waals surface area contributed by atoms with Crippen molar-refractivity contribution in [2.45, 2.75) is 0 Å². The van der Waals surface area contributed by atoms with Crippen LogP contribution in [-0.4, -0.2) is 10.9 Å². The number of nitrogens with zero attached hydrogens (tertiary/aromatic N) is 3. The molecule has 0 spiro atoms. The Morgan fingerprint density at radius 1 is 0.686 bits per heavy atom. The molecule has 0 unspecified atom stereocenters. The molecule has 6 nitrogen and oxygen atoms in total. The molecular weight excluding hydrogens is 436 g/mol. The van der Waals surface area contributed by atoms with Crippen molar-refractivity contribution in [1.29, 1.82) is 0 Å². The molecule has 0 atom stereocenters. The first-order valence-electron chi connectivity index (χ1n) is 10.8. The molecule has 2 heterocycles. The van der Waals surface area contributed by atoms with Crippen molar-refractivity contribution in [3.05, 3.63) is 143 Å². The lowest BCUT2D eigenvalue weighted by atomic mass is 10.0. The second kappa shape index (κ2) is 9.66. The molecule has 5 rings (SSSR count). The summed E-state index contributed by atoms with van der Waals surface area (Å²) in [5, 5.41) is 0. The van der Waals surface area contributed by atoms with Crippen LogP contribution in [-0.2, 0) is 0 Å². The molecule has 1 aliphatic rings. The minimum atomic E-state index is 0.465. The molecule has 0 saturated heterocycles. The Labute approximate surface area is 202 Å². The van der Waals surface area contributed by atoms with Gasteiger partial charge in [0.1, 0.15) is 11.5 Å². The number of nitrogens with one attached hydrogen (secondary N) is 1. The van der Waals surface area contributed by atoms with E-state index in [-0.39, 0.29) is 0 Å². The Balaban J connectivity index is 1.45. The zero-order valence-corrected chi connectivity index (χ0v) is 18.5. The number of aromatic amines is 1. The molecular formula is C29H18N4O2. The highest BCUT2D eigenvalue weighted by Gasteiger charge is 2.17. The van der Waals surface area contributed by atoms with E-state index in [1.807, 2.05) is 54.6 Å². The maximum Gasteiger partial charge on any atom is 0.219 e. The van der Waals surface area contributed by atoms with Gasteiger partial charge < -0.3 is 14.5 Å². The molecule has 6 heteroatoms. The standard InChI is InChI=1S/C29H18N4O2/c1-30-21-8-12-23(13-9-21)34-27-18-16-25(32-27)29(20-6-4-3-5-7-20)26-17-19-28(33-26)35-24-14-10-22(31-2)11-15-24/h3-19,32H/b29-26-. The third kappa shape index (κ3) is 4.88. The van der Waals surface area contributed by atoms with Gasteiger partial charge in [-0.05, 0) is 42.0 Å². The Kier molecular flexibility index (Phi) is 5.94. The molecule has 0 saturated carbocycles. The summed E-state index contributed by atoms with van der Waals surface area (Å²) < 4.78 is 11.8. The predicted octanol–water partition coefficient (Wildman–Crippen LogP) is 7.72. The molecule has 1 aliphatic heterocycles. The average molecular weight is 454 g/mol. The Morgan fingerprint density at radius 3 is 1.94 bits per heavy atom. The van der Waals surface area contributed by atoms with Gasteiger partial charge in [0.25, 0.3) is 0 Å². The van der Waals surface area contributed by atoms with Crippen LogP contribution in [0.5, 0.6) is 17.4 Å². The predicted molar refractivity (Wildman–Crippen MR) is 136 cm³/mol. The van der Waals surface area contributed by atoms with Crippen LogP contribution in [0.3, 0.4) is 0 Å². The van der Waals surface area contributed by atoms with E-state index >= 15 is 0 Å². The molecule has 0 radical (unpaired) electrons. The number of H-pyrrole nitrogens is 1. The number of aromatic nitrogens is 1. The molecule has 1 N–H and O–H groups in total. The molecule has 3 aromatic carbocycles. The van der Waals surface area contributed by atoms with Crippen molar-refractivity contribution in [3.8, 4) is 17.4 Å². The summed E-state index contributed by atoms with van der Waals surface area (Å²) in [6, 6.07) is 27.7. The normalized spacial score (nSPS) is 13.5. The first-order valence-corrected chi connectivity index (χ1v) is 10.8. The first kappa shape index (κ1) is 21.5. The van der Waals surface area contributed by atoms with Gasteiger partial charge in [-0.3, -0.25) is 0 Å². The van der Waals surface area contributed by atoms with Crippen LogP contribution in [0.25, 0.3) is 15.3 Å². The number of hydrogen-bond donors (Lipinski definition) is 1. The number of rotatable bonds is 5. The fourth-order valence-corrected chi connectivity index (χ4v) is 3.59. The van der Waals surface area contributed by atoms with Gasteiger partial charge in [-0.15, -0.1) is 0 Å². The number of hydrogen-bond acceptors (Lipinski definition) is 3. The number of benzene rings is 3. The van der Waals surface area contributed by atoms with E-state index in [0.29, 0.717) is 34.7 Å². The second-order valence-corrected chi connectivity index (χ2v) is 7.56. The maximum atomic E-state index is 7.08. The van der Waals surface area contributed by atoms with E-state index in [9.17, 15) is 0 Å². The summed E-state index contributed by atoms with van der Waals surface area (Å²) in [4.78, 5) is 14.8. The van der Waals surface area contributed by atoms with Crippen LogP contribution in [0.15, 0.2) is 114 Å². The van der Waals surface area contributed by atoms with E-state index in [0.717, 1.165) is 22.5 Å². The highest BCUT2D eigenvalue weighted by Crippen LogP contribution is 2.32. The van der Waals surface area contributed by atoms with Crippen molar-refractivity contribution in [1.82, 2.24) is 4.98 Å². The summed E-state index contributed by atoms with van der Waals surface area (Å²) in [6.45, 7) is 14.2. The lowest BCUT2D eigenvalue weighted by molar-refractivity contribution is 0.466. The molecule has 4 aromatic rings. The fraction of sp³-hybridized carbons (Fsp3) is 0. The molecule has 0 fully saturated rings. The molecule has 1 aromatic heterocycles. The molecule has 0 bridgehead atoms. The van der Waals surface area contributed by atoms with Crippen molar-refractivity contribution >= 4 is 22.8 Å². The number of aliphatic imine (C=N–C) groups is 1. The third-order valence-electron chi connectivity index (χ3n) is 5.24. The lowest BCUT2D eigenvalue weighted by Crippen LogP contribution is -2.02. The Bertz CT molecular complexity index is 1530. The van der Waals surface area contributed by atoms with E-state index in [1.165, 1.54) is 0 Å². The van der Waals surface area contributed by atoms with Gasteiger partial charge in [0.15, 0.2) is 17.3 Å². The first-order chi connectivity index (χ1) is 17.2. The van der Waals surface area contributed by atoms with Gasteiger partial charge in [-0.2, -0.15) is 0 Å². The number of ether oxygens (including phenoxy) is 2. The summed E-state index contributed by atoms with van der Waals surface area (Å²) in [5.74, 6) is 2.29. The van der Waals surface area contributed by atoms with Gasteiger partial charge in [-0.25, -0.2) is 14.7 Å². The summed E-state index contributed by atoms with van der Waals surface area (Å²) >= 11 is 0. The van der Waals surface area contributed by atoms with Crippen LogP contribution < -0.4 is 9.47 Å². The van der Waals surface area contributed by atoms with Crippen LogP contribution >= 0.6 is 0 Å². The smallest absolute Gasteiger partial charge is 0.219 e. The monoisotopic (exact) mass is 454 g/mol. The summed E-state index contributed by atoms with van der Waals surface area (Å²) in [6.07, 6.45) is 3.73. The SMILES string of the molecule is [C-]#[N+]c1ccc(OC2=N/C(=C(/c3ccccc3)c3ccc(Oc4ccc([N+]#[C-])cc4)[nH]3)C=C2)cc1. The van der Waals surface area contributed by atoms with Gasteiger partial charge >= 0.3 is 0 Å². The Hall–Kier alpha value is -5.33. The van der Waals surface area contributed by atoms with Crippen molar-refractivity contribution in [2.24, 2.45) is 4.99 Å². The quantitative estimate of drug-likeness (QED) is 0.314. The highest BCUT2D eigenvalue weighted by atomic mass is 16.5. The molecule has 35 heavy (non-hydrogen) atoms. The maximum absolute atomic E-state index is 7.08. The fourth-order valence-electron chi connectivity index (χ4n) is 3.59. The third-order valence-corrected chi connectivity index (χ3v) is 5.24. The van der Waals surface area contributed by atoms with Gasteiger partial charge in [0.2, 0.25) is 5.90 Å². The average Bonchev–Trinajstić information content (AvgIpc) is 3.56. The summed E-state index contributed by atoms with van der Waals surface area (Å²) in [7, 11) is 0. The second-order valence-electron chi connectivity index (χ2n) is 7.56. The van der Waals surface area contributed by atoms with Crippen LogP contribution in [0.2, 0.25) is 0 Å². The van der Waals surface area contributed by atoms with Crippen molar-refractivity contribution in [2.75, 3.05) is 0 Å². The van der Waals surface area contributed by atoms with Crippen LogP contribution in [0.1, 0.15) is 11.3 Å². The lowest BCUT2D eigenvalue weighted by Gasteiger charge is -2.09. The topological polar surface area (TPSA) is 55.3 Å². The van der Waals surface area contributed by atoms with E-state index in [4.69, 9.17) is 27.6 Å². The van der Waals surface area contributed by atoms with E-state index in [2.05, 4.69) is 14.7 Å². The molecule has 0 amide bonds. The largest absolute Gasteiger partial charge is 0.441 e. The van der Waals surface area contributed by atoms with Gasteiger partial charge in [-0.1, -0.05) is 54.6 Å². The number of allylic oxidation sites excluding steroid dienone is 1. The minimum Gasteiger partial charge on any atom is -0.441 e. The summed E-state index contributed by atoms with van der Waals surface area (Å²) in [5.41, 5.74) is 4.61. The molecule has 0 aliphatic carbocycles. The van der Waals surface area contributed by atoms with Crippen LogP contribution in [0.4, 0.5) is 11.4 Å². The van der Waals surface area contributed by atoms with Crippen molar-refractivity contribution in [3.63, 3.8) is 0 Å². The molecule has 166 valence electrons. The van der Waals surface area contributed by atoms with E-state index < -0.39 is 0 Å². The van der Waals surface area contributed by atoms with Crippen LogP contribution in [0, 0.1) is 13.1 Å². The Morgan fingerprint density at radius 2 is 1.31 bits per heavy atom. The van der Waals surface area contributed by atoms with E-state index in [1.54, 1.807) is 48.5 Å². The zero-order chi connectivity index (χ0) is 24.0. The minimum absolute atomic E-state index is 0.465.